The van der Waals surface area contributed by atoms with Crippen LogP contribution in [0, 0.1) is 11.6 Å². The molecule has 1 rings (SSSR count). The molecule has 0 aliphatic carbocycles. The van der Waals surface area contributed by atoms with Gasteiger partial charge in [-0.05, 0) is 32.9 Å². The number of rotatable bonds is 1. The second-order valence-corrected chi connectivity index (χ2v) is 4.39. The van der Waals surface area contributed by atoms with Crippen molar-refractivity contribution in [2.24, 2.45) is 10.7 Å². The fraction of sp³-hybridized carbons (Fsp3) is 0.364. The van der Waals surface area contributed by atoms with Gasteiger partial charge in [0, 0.05) is 0 Å². The molecule has 16 heavy (non-hydrogen) atoms. The first-order valence-electron chi connectivity index (χ1n) is 4.86. The van der Waals surface area contributed by atoms with Crippen molar-refractivity contribution in [3.05, 3.63) is 29.8 Å². The van der Waals surface area contributed by atoms with Crippen molar-refractivity contribution in [2.75, 3.05) is 5.32 Å². The van der Waals surface area contributed by atoms with Crippen LogP contribution in [0.2, 0.25) is 0 Å². The highest BCUT2D eigenvalue weighted by Gasteiger charge is 2.12. The number of guanidine groups is 1. The first-order valence-corrected chi connectivity index (χ1v) is 4.86. The molecular formula is C11H15F2N3. The third-order valence-corrected chi connectivity index (χ3v) is 1.67. The van der Waals surface area contributed by atoms with Crippen LogP contribution in [0.15, 0.2) is 23.2 Å². The third-order valence-electron chi connectivity index (χ3n) is 1.67. The fourth-order valence-electron chi connectivity index (χ4n) is 1.13. The molecule has 0 saturated heterocycles. The molecule has 0 bridgehead atoms. The van der Waals surface area contributed by atoms with Gasteiger partial charge in [0.05, 0.1) is 5.54 Å². The van der Waals surface area contributed by atoms with Gasteiger partial charge < -0.3 is 11.1 Å². The van der Waals surface area contributed by atoms with Gasteiger partial charge in [-0.25, -0.2) is 13.8 Å². The van der Waals surface area contributed by atoms with Crippen LogP contribution in [0.25, 0.3) is 0 Å². The molecule has 0 unspecified atom stereocenters. The Kier molecular flexibility index (Phi) is 3.47. The van der Waals surface area contributed by atoms with E-state index in [1.807, 2.05) is 20.8 Å². The number of halogens is 2. The second kappa shape index (κ2) is 4.47. The average molecular weight is 227 g/mol. The number of hydrogen-bond acceptors (Lipinski definition) is 1. The number of anilines is 1. The Bertz CT molecular complexity index is 388. The third kappa shape index (κ3) is 3.49. The molecule has 1 aromatic rings. The van der Waals surface area contributed by atoms with Crippen LogP contribution < -0.4 is 11.1 Å². The van der Waals surface area contributed by atoms with Gasteiger partial charge in [-0.3, -0.25) is 0 Å². The molecule has 1 aromatic carbocycles. The predicted molar refractivity (Wildman–Crippen MR) is 61.4 cm³/mol. The van der Waals surface area contributed by atoms with Gasteiger partial charge in [0.25, 0.3) is 0 Å². The highest BCUT2D eigenvalue weighted by atomic mass is 19.1. The Balaban J connectivity index is 2.93. The summed E-state index contributed by atoms with van der Waals surface area (Å²) in [6.07, 6.45) is 0. The van der Waals surface area contributed by atoms with Crippen molar-refractivity contribution in [2.45, 2.75) is 26.3 Å². The largest absolute Gasteiger partial charge is 0.370 e. The minimum atomic E-state index is -0.702. The number of nitrogens with two attached hydrogens (primary N) is 1. The van der Waals surface area contributed by atoms with Crippen LogP contribution in [-0.2, 0) is 0 Å². The molecule has 0 heterocycles. The minimum absolute atomic E-state index is 0.0171. The molecular weight excluding hydrogens is 212 g/mol. The van der Waals surface area contributed by atoms with Gasteiger partial charge in [0.2, 0.25) is 0 Å². The van der Waals surface area contributed by atoms with Crippen molar-refractivity contribution in [3.8, 4) is 0 Å². The monoisotopic (exact) mass is 227 g/mol. The van der Waals surface area contributed by atoms with Crippen molar-refractivity contribution < 1.29 is 8.78 Å². The molecule has 0 fully saturated rings. The summed E-state index contributed by atoms with van der Waals surface area (Å²) in [5, 5.41) is 2.41. The van der Waals surface area contributed by atoms with Crippen LogP contribution in [0.3, 0.4) is 0 Å². The van der Waals surface area contributed by atoms with E-state index in [0.717, 1.165) is 12.1 Å². The number of nitrogens with one attached hydrogen (secondary N) is 1. The lowest BCUT2D eigenvalue weighted by Crippen LogP contribution is -2.28. The number of para-hydroxylation sites is 1. The van der Waals surface area contributed by atoms with Gasteiger partial charge in [-0.15, -0.1) is 0 Å². The zero-order valence-electron chi connectivity index (χ0n) is 9.51. The average Bonchev–Trinajstić information content (AvgIpc) is 2.08. The molecule has 0 atom stereocenters. The van der Waals surface area contributed by atoms with Crippen molar-refractivity contribution >= 4 is 11.6 Å². The van der Waals surface area contributed by atoms with Gasteiger partial charge in [-0.2, -0.15) is 0 Å². The summed E-state index contributed by atoms with van der Waals surface area (Å²) in [5.41, 5.74) is 4.85. The summed E-state index contributed by atoms with van der Waals surface area (Å²) < 4.78 is 26.5. The zero-order valence-corrected chi connectivity index (χ0v) is 9.51. The molecule has 0 spiro atoms. The molecule has 3 N–H and O–H groups in total. The Morgan fingerprint density at radius 3 is 2.19 bits per heavy atom. The second-order valence-electron chi connectivity index (χ2n) is 4.39. The summed E-state index contributed by atoms with van der Waals surface area (Å²) in [6.45, 7) is 5.50. The van der Waals surface area contributed by atoms with Crippen LogP contribution in [-0.4, -0.2) is 11.5 Å². The van der Waals surface area contributed by atoms with E-state index < -0.39 is 17.2 Å². The number of aliphatic imine (C=N–C) groups is 1. The molecule has 0 amide bonds. The SMILES string of the molecule is CC(C)(C)N=C(N)Nc1c(F)cccc1F. The standard InChI is InChI=1S/C11H15F2N3/c1-11(2,3)16-10(14)15-9-7(12)5-4-6-8(9)13/h4-6H,1-3H3,(H3,14,15,16). The zero-order chi connectivity index (χ0) is 12.3. The van der Waals surface area contributed by atoms with Crippen LogP contribution >= 0.6 is 0 Å². The molecule has 0 aromatic heterocycles. The van der Waals surface area contributed by atoms with E-state index in [0.29, 0.717) is 0 Å². The minimum Gasteiger partial charge on any atom is -0.370 e. The maximum Gasteiger partial charge on any atom is 0.193 e. The molecule has 5 heteroatoms. The normalized spacial score (nSPS) is 12.7. The molecule has 3 nitrogen and oxygen atoms in total. The van der Waals surface area contributed by atoms with E-state index in [-0.39, 0.29) is 11.6 Å². The topological polar surface area (TPSA) is 50.4 Å². The lowest BCUT2D eigenvalue weighted by atomic mass is 10.1. The van der Waals surface area contributed by atoms with E-state index in [9.17, 15) is 8.78 Å². The van der Waals surface area contributed by atoms with Crippen molar-refractivity contribution in [1.29, 1.82) is 0 Å². The Morgan fingerprint density at radius 1 is 1.25 bits per heavy atom. The van der Waals surface area contributed by atoms with Gasteiger partial charge >= 0.3 is 0 Å². The highest BCUT2D eigenvalue weighted by molar-refractivity contribution is 5.92. The Labute approximate surface area is 93.4 Å². The maximum atomic E-state index is 13.2. The number of nitrogens with zero attached hydrogens (tertiary/aromatic N) is 1. The van der Waals surface area contributed by atoms with Crippen molar-refractivity contribution in [1.82, 2.24) is 0 Å². The lowest BCUT2D eigenvalue weighted by Gasteiger charge is -2.15. The Hall–Kier alpha value is -1.65. The fourth-order valence-corrected chi connectivity index (χ4v) is 1.13. The molecule has 0 saturated carbocycles. The molecule has 88 valence electrons. The van der Waals surface area contributed by atoms with Gasteiger partial charge in [0.1, 0.15) is 17.3 Å². The number of benzene rings is 1. The van der Waals surface area contributed by atoms with Gasteiger partial charge in [0.15, 0.2) is 5.96 Å². The van der Waals surface area contributed by atoms with E-state index in [1.54, 1.807) is 0 Å². The first-order chi connectivity index (χ1) is 7.29. The van der Waals surface area contributed by atoms with Crippen LogP contribution in [0.5, 0.6) is 0 Å². The van der Waals surface area contributed by atoms with Gasteiger partial charge in [-0.1, -0.05) is 6.07 Å². The summed E-state index contributed by atoms with van der Waals surface area (Å²) in [4.78, 5) is 4.04. The molecule has 0 radical (unpaired) electrons. The van der Waals surface area contributed by atoms with Crippen LogP contribution in [0.4, 0.5) is 14.5 Å². The summed E-state index contributed by atoms with van der Waals surface area (Å²) in [7, 11) is 0. The maximum absolute atomic E-state index is 13.2. The van der Waals surface area contributed by atoms with E-state index >= 15 is 0 Å². The number of hydrogen-bond donors (Lipinski definition) is 2. The quantitative estimate of drug-likeness (QED) is 0.572. The Morgan fingerprint density at radius 2 is 1.75 bits per heavy atom. The molecule has 0 aliphatic heterocycles. The summed E-state index contributed by atoms with van der Waals surface area (Å²) in [6, 6.07) is 3.58. The first kappa shape index (κ1) is 12.4. The van der Waals surface area contributed by atoms with E-state index in [1.165, 1.54) is 6.07 Å². The predicted octanol–water partition coefficient (Wildman–Crippen LogP) is 2.49. The highest BCUT2D eigenvalue weighted by Crippen LogP contribution is 2.18. The summed E-state index contributed by atoms with van der Waals surface area (Å²) in [5.74, 6) is -1.42. The van der Waals surface area contributed by atoms with Crippen LogP contribution in [0.1, 0.15) is 20.8 Å². The summed E-state index contributed by atoms with van der Waals surface area (Å²) >= 11 is 0. The lowest BCUT2D eigenvalue weighted by molar-refractivity contribution is 0.579. The van der Waals surface area contributed by atoms with E-state index in [2.05, 4.69) is 10.3 Å². The van der Waals surface area contributed by atoms with Crippen molar-refractivity contribution in [3.63, 3.8) is 0 Å². The smallest absolute Gasteiger partial charge is 0.193 e. The van der Waals surface area contributed by atoms with E-state index in [4.69, 9.17) is 5.73 Å². The molecule has 0 aliphatic rings.